The largest absolute Gasteiger partial charge is 0.472 e. The van der Waals surface area contributed by atoms with Crippen LogP contribution in [0.15, 0.2) is 194 Å². The summed E-state index contributed by atoms with van der Waals surface area (Å²) < 4.78 is 61.2. The van der Waals surface area contributed by atoms with E-state index in [0.29, 0.717) is 19.3 Å². The maximum Gasteiger partial charge on any atom is 0.472 e. The Morgan fingerprint density at radius 2 is 0.459 bits per heavy atom. The zero-order chi connectivity index (χ0) is 79.4. The zero-order valence-electron chi connectivity index (χ0n) is 67.6. The molecule has 0 saturated heterocycles. The lowest BCUT2D eigenvalue weighted by Crippen LogP contribution is -2.30. The molecule has 0 heterocycles. The van der Waals surface area contributed by atoms with Gasteiger partial charge in [-0.25, -0.2) is 9.13 Å². The number of aliphatic hydroxyl groups excluding tert-OH is 2. The van der Waals surface area contributed by atoms with Crippen LogP contribution in [0, 0.1) is 0 Å². The van der Waals surface area contributed by atoms with Crippen LogP contribution in [0.1, 0.15) is 303 Å². The van der Waals surface area contributed by atoms with Crippen LogP contribution < -0.4 is 0 Å². The van der Waals surface area contributed by atoms with Crippen LogP contribution >= 0.6 is 15.6 Å². The van der Waals surface area contributed by atoms with E-state index in [4.69, 9.17) is 32.3 Å². The number of phosphoric ester groups is 2. The van der Waals surface area contributed by atoms with E-state index in [2.05, 4.69) is 215 Å². The lowest BCUT2D eigenvalue weighted by molar-refractivity contribution is -0.161. The Hall–Kier alpha value is -5.61. The van der Waals surface area contributed by atoms with Gasteiger partial charge in [-0.05, 0) is 161 Å². The maximum atomic E-state index is 13.0. The number of unbranched alkanes of at least 4 members (excludes halogenated alkanes) is 22. The van der Waals surface area contributed by atoms with Crippen LogP contribution in [0.5, 0.6) is 0 Å². The van der Waals surface area contributed by atoms with E-state index in [1.54, 1.807) is 0 Å². The minimum Gasteiger partial charge on any atom is -0.463 e. The first kappa shape index (κ1) is 103. The highest BCUT2D eigenvalue weighted by Crippen LogP contribution is 2.45. The molecule has 0 saturated carbocycles. The minimum absolute atomic E-state index is 0.0647. The van der Waals surface area contributed by atoms with Gasteiger partial charge in [-0.15, -0.1) is 0 Å². The molecular formula is C91H148O16P2. The zero-order valence-corrected chi connectivity index (χ0v) is 69.4. The molecule has 0 aliphatic heterocycles. The fourth-order valence-corrected chi connectivity index (χ4v) is 12.2. The van der Waals surface area contributed by atoms with Gasteiger partial charge in [-0.3, -0.25) is 32.5 Å². The van der Waals surface area contributed by atoms with Gasteiger partial charge < -0.3 is 34.2 Å². The summed E-state index contributed by atoms with van der Waals surface area (Å²) in [6.07, 6.45) is 108. The first-order valence-corrected chi connectivity index (χ1v) is 44.7. The Morgan fingerprint density at radius 1 is 0.257 bits per heavy atom. The van der Waals surface area contributed by atoms with Crippen molar-refractivity contribution in [3.8, 4) is 0 Å². The van der Waals surface area contributed by atoms with Crippen molar-refractivity contribution in [2.24, 2.45) is 0 Å². The number of hydrogen-bond donors (Lipinski definition) is 4. The Kier molecular flexibility index (Phi) is 77.7. The van der Waals surface area contributed by atoms with Gasteiger partial charge in [0.2, 0.25) is 0 Å². The molecule has 0 rings (SSSR count). The third kappa shape index (κ3) is 83.2. The molecule has 0 aliphatic carbocycles. The summed E-state index contributed by atoms with van der Waals surface area (Å²) in [5, 5.41) is 20.7. The molecule has 18 heteroatoms. The molecule has 0 aromatic heterocycles. The van der Waals surface area contributed by atoms with Gasteiger partial charge in [0.25, 0.3) is 0 Å². The van der Waals surface area contributed by atoms with Gasteiger partial charge in [-0.2, -0.15) is 0 Å². The molecule has 4 N–H and O–H groups in total. The summed E-state index contributed by atoms with van der Waals surface area (Å²) in [6.45, 7) is 2.26. The number of hydrogen-bond acceptors (Lipinski definition) is 14. The molecule has 618 valence electrons. The summed E-state index contributed by atoms with van der Waals surface area (Å²) in [7, 11) is -9.83. The SMILES string of the molecule is CC/C=C\C/C=C\C/C=C\C/C=C\C/C=C\C/C=C\CCCCC(=O)OCC(COP(=O)(O)OCC(O)COP(=O)(O)OCC(O)COC(=O)CCCCCCCCCCCCCCCCC/C=C\C/C=C\C/C=C\C/C=C\C/C=C\CC)OC(=O)CCCCCCC/C=C\C/C=C\C/C=C\C/C=C\C/C=C\CC. The number of aliphatic hydroxyl groups is 2. The fourth-order valence-electron chi connectivity index (χ4n) is 10.6. The van der Waals surface area contributed by atoms with Gasteiger partial charge >= 0.3 is 33.6 Å². The van der Waals surface area contributed by atoms with Gasteiger partial charge in [-0.1, -0.05) is 318 Å². The second-order valence-electron chi connectivity index (χ2n) is 27.1. The van der Waals surface area contributed by atoms with Crippen molar-refractivity contribution >= 4 is 33.6 Å². The molecule has 0 amide bonds. The molecule has 5 unspecified atom stereocenters. The lowest BCUT2D eigenvalue weighted by atomic mass is 10.0. The first-order valence-electron chi connectivity index (χ1n) is 41.7. The van der Waals surface area contributed by atoms with Crippen LogP contribution in [-0.2, 0) is 55.8 Å². The third-order valence-electron chi connectivity index (χ3n) is 16.8. The van der Waals surface area contributed by atoms with Gasteiger partial charge in [0.05, 0.1) is 26.4 Å². The van der Waals surface area contributed by atoms with Crippen molar-refractivity contribution in [1.29, 1.82) is 0 Å². The van der Waals surface area contributed by atoms with Crippen molar-refractivity contribution < 1.29 is 75.8 Å². The van der Waals surface area contributed by atoms with Crippen LogP contribution in [0.25, 0.3) is 0 Å². The lowest BCUT2D eigenvalue weighted by Gasteiger charge is -2.21. The first-order chi connectivity index (χ1) is 53.2. The quantitative estimate of drug-likeness (QED) is 0.0146. The molecule has 0 aromatic rings. The van der Waals surface area contributed by atoms with Gasteiger partial charge in [0.15, 0.2) is 6.10 Å². The molecule has 0 radical (unpaired) electrons. The Balaban J connectivity index is 4.64. The maximum absolute atomic E-state index is 13.0. The number of allylic oxidation sites excluding steroid dienone is 32. The predicted octanol–water partition coefficient (Wildman–Crippen LogP) is 25.1. The van der Waals surface area contributed by atoms with E-state index < -0.39 is 91.5 Å². The summed E-state index contributed by atoms with van der Waals surface area (Å²) in [4.78, 5) is 58.8. The Morgan fingerprint density at radius 3 is 0.743 bits per heavy atom. The highest BCUT2D eigenvalue weighted by atomic mass is 31.2. The second kappa shape index (κ2) is 81.9. The molecule has 0 bridgehead atoms. The predicted molar refractivity (Wildman–Crippen MR) is 454 cm³/mol. The molecular weight excluding hydrogens is 1410 g/mol. The van der Waals surface area contributed by atoms with E-state index in [9.17, 15) is 43.5 Å². The molecule has 109 heavy (non-hydrogen) atoms. The summed E-state index contributed by atoms with van der Waals surface area (Å²) in [6, 6.07) is 0. The Bertz CT molecular complexity index is 2760. The van der Waals surface area contributed by atoms with E-state index in [1.807, 2.05) is 0 Å². The van der Waals surface area contributed by atoms with Crippen molar-refractivity contribution in [2.45, 2.75) is 322 Å². The molecule has 0 aliphatic rings. The fraction of sp³-hybridized carbons (Fsp3) is 0.615. The highest BCUT2D eigenvalue weighted by Gasteiger charge is 2.29. The van der Waals surface area contributed by atoms with E-state index in [-0.39, 0.29) is 19.3 Å². The number of phosphoric acid groups is 2. The smallest absolute Gasteiger partial charge is 0.463 e. The molecule has 0 spiro atoms. The summed E-state index contributed by atoms with van der Waals surface area (Å²) in [5.41, 5.74) is 0. The topological polar surface area (TPSA) is 231 Å². The van der Waals surface area contributed by atoms with E-state index >= 15 is 0 Å². The molecule has 0 fully saturated rings. The molecule has 16 nitrogen and oxygen atoms in total. The van der Waals surface area contributed by atoms with Crippen molar-refractivity contribution in [2.75, 3.05) is 39.6 Å². The Labute approximate surface area is 661 Å². The molecule has 5 atom stereocenters. The van der Waals surface area contributed by atoms with Crippen LogP contribution in [0.3, 0.4) is 0 Å². The number of carbonyl (C=O) groups excluding carboxylic acids is 3. The van der Waals surface area contributed by atoms with Crippen LogP contribution in [0.4, 0.5) is 0 Å². The summed E-state index contributed by atoms with van der Waals surface area (Å²) >= 11 is 0. The monoisotopic (exact) mass is 1560 g/mol. The van der Waals surface area contributed by atoms with Crippen molar-refractivity contribution in [1.82, 2.24) is 0 Å². The third-order valence-corrected chi connectivity index (χ3v) is 18.7. The average molecular weight is 1560 g/mol. The van der Waals surface area contributed by atoms with Crippen LogP contribution in [-0.4, -0.2) is 95.9 Å². The summed E-state index contributed by atoms with van der Waals surface area (Å²) in [5.74, 6) is -1.66. The minimum atomic E-state index is -4.96. The number of ether oxygens (including phenoxy) is 3. The molecule has 0 aromatic carbocycles. The van der Waals surface area contributed by atoms with Gasteiger partial charge in [0, 0.05) is 19.3 Å². The highest BCUT2D eigenvalue weighted by molar-refractivity contribution is 7.47. The average Bonchev–Trinajstić information content (AvgIpc) is 0.902. The number of rotatable bonds is 77. The van der Waals surface area contributed by atoms with E-state index in [0.717, 1.165) is 167 Å². The van der Waals surface area contributed by atoms with Crippen molar-refractivity contribution in [3.63, 3.8) is 0 Å². The van der Waals surface area contributed by atoms with Crippen molar-refractivity contribution in [3.05, 3.63) is 194 Å². The standard InChI is InChI=1S/C91H148O16P2/c1-4-7-10-13-16-19-22-25-28-31-34-37-38-39-40-41-42-43-44-45-46-49-51-53-56-59-62-65-68-71-74-77-89(94)101-80-86(92)81-103-108(97,98)104-82-87(93)83-105-109(99,100)106-85-88(107-91(96)79-76-73-70-67-64-61-58-55-52-48-36-33-30-27-24-21-18-15-12-9-6-3)84-102-90(95)78-75-72-69-66-63-60-57-54-50-47-35-32-29-26-23-20-17-14-11-8-5-2/h7-12,16-21,25-30,34-37,39-40,47-48,54-55,57-58,63,66,86-88,92-93H,4-6,13-15,22-24,31-33,38,41-46,49-53,56,59-62,64-65,67-85H2,1-3H3,(H,97,98)(H,99,100)/b10-7-,11-8-,12-9-,19-16-,20-17-,21-18-,28-25-,29-26-,30-27-,37-34-,40-39-,47-35-,48-36-,57-54-,58-55-,66-63-. The normalized spacial score (nSPS) is 14.9. The number of carbonyl (C=O) groups is 3. The van der Waals surface area contributed by atoms with E-state index in [1.165, 1.54) is 77.0 Å². The van der Waals surface area contributed by atoms with Gasteiger partial charge in [0.1, 0.15) is 25.4 Å². The number of esters is 3. The second-order valence-corrected chi connectivity index (χ2v) is 30.0. The van der Waals surface area contributed by atoms with Crippen LogP contribution in [0.2, 0.25) is 0 Å².